The number of carbonyl (C=O) groups excluding carboxylic acids is 1. The van der Waals surface area contributed by atoms with E-state index in [9.17, 15) is 18.7 Å². The second kappa shape index (κ2) is 7.69. The fourth-order valence-electron chi connectivity index (χ4n) is 1.94. The zero-order valence-corrected chi connectivity index (χ0v) is 12.3. The summed E-state index contributed by atoms with van der Waals surface area (Å²) < 4.78 is 32.9. The van der Waals surface area contributed by atoms with E-state index in [0.29, 0.717) is 0 Å². The Balaban J connectivity index is 1.81. The standard InChI is InChI=1S/C17H17F2NO3/c18-17(19,14-9-5-2-6-10-14)15(21)11-20-16(22)23-12-13-7-3-1-4-8-13/h1-10,15,21H,11-12H2,(H,20,22). The van der Waals surface area contributed by atoms with Crippen molar-refractivity contribution >= 4 is 6.09 Å². The van der Waals surface area contributed by atoms with Gasteiger partial charge in [-0.25, -0.2) is 4.79 Å². The van der Waals surface area contributed by atoms with Gasteiger partial charge in [0.05, 0.1) is 6.54 Å². The van der Waals surface area contributed by atoms with Gasteiger partial charge in [-0.15, -0.1) is 0 Å². The van der Waals surface area contributed by atoms with Crippen LogP contribution in [0.15, 0.2) is 60.7 Å². The van der Waals surface area contributed by atoms with Crippen LogP contribution in [0.2, 0.25) is 0 Å². The quantitative estimate of drug-likeness (QED) is 0.860. The Kier molecular flexibility index (Phi) is 5.65. The van der Waals surface area contributed by atoms with Crippen LogP contribution in [0.3, 0.4) is 0 Å². The first-order valence-corrected chi connectivity index (χ1v) is 7.06. The number of hydrogen-bond donors (Lipinski definition) is 2. The van der Waals surface area contributed by atoms with Crippen LogP contribution in [0, 0.1) is 0 Å². The largest absolute Gasteiger partial charge is 0.445 e. The van der Waals surface area contributed by atoms with Gasteiger partial charge in [-0.05, 0) is 5.56 Å². The summed E-state index contributed by atoms with van der Waals surface area (Å²) in [5.41, 5.74) is 0.463. The molecule has 0 heterocycles. The van der Waals surface area contributed by atoms with Crippen molar-refractivity contribution in [2.45, 2.75) is 18.6 Å². The summed E-state index contributed by atoms with van der Waals surface area (Å²) in [6, 6.07) is 15.9. The molecule has 2 aromatic rings. The van der Waals surface area contributed by atoms with E-state index < -0.39 is 24.7 Å². The zero-order valence-electron chi connectivity index (χ0n) is 12.3. The molecular formula is C17H17F2NO3. The number of amides is 1. The second-order valence-electron chi connectivity index (χ2n) is 4.95. The molecule has 6 heteroatoms. The Labute approximate surface area is 132 Å². The Morgan fingerprint density at radius 3 is 2.26 bits per heavy atom. The fraction of sp³-hybridized carbons (Fsp3) is 0.235. The van der Waals surface area contributed by atoms with Gasteiger partial charge in [-0.3, -0.25) is 0 Å². The average molecular weight is 321 g/mol. The summed E-state index contributed by atoms with van der Waals surface area (Å²) in [5, 5.41) is 11.8. The van der Waals surface area contributed by atoms with Gasteiger partial charge >= 0.3 is 6.09 Å². The van der Waals surface area contributed by atoms with Gasteiger partial charge in [0.1, 0.15) is 12.7 Å². The Bertz CT molecular complexity index is 620. The lowest BCUT2D eigenvalue weighted by atomic mass is 10.0. The van der Waals surface area contributed by atoms with Gasteiger partial charge in [0.25, 0.3) is 5.92 Å². The molecule has 0 saturated heterocycles. The molecule has 0 aliphatic carbocycles. The third-order valence-electron chi connectivity index (χ3n) is 3.23. The summed E-state index contributed by atoms with van der Waals surface area (Å²) in [6.07, 6.45) is -2.91. The van der Waals surface area contributed by atoms with E-state index >= 15 is 0 Å². The molecule has 1 amide bonds. The number of rotatable bonds is 6. The maximum Gasteiger partial charge on any atom is 0.407 e. The number of nitrogens with one attached hydrogen (secondary N) is 1. The number of hydrogen-bond acceptors (Lipinski definition) is 3. The van der Waals surface area contributed by atoms with E-state index in [4.69, 9.17) is 4.74 Å². The van der Waals surface area contributed by atoms with Crippen molar-refractivity contribution < 1.29 is 23.4 Å². The third kappa shape index (κ3) is 4.75. The normalized spacial score (nSPS) is 12.5. The van der Waals surface area contributed by atoms with Crippen LogP contribution in [0.25, 0.3) is 0 Å². The molecule has 2 N–H and O–H groups in total. The van der Waals surface area contributed by atoms with Crippen LogP contribution in [0.5, 0.6) is 0 Å². The second-order valence-corrected chi connectivity index (χ2v) is 4.95. The molecule has 0 aliphatic heterocycles. The monoisotopic (exact) mass is 321 g/mol. The number of alkyl halides is 2. The molecule has 1 atom stereocenters. The number of benzene rings is 2. The van der Waals surface area contributed by atoms with E-state index in [1.165, 1.54) is 24.3 Å². The summed E-state index contributed by atoms with van der Waals surface area (Å²) in [6.45, 7) is -0.590. The molecular weight excluding hydrogens is 304 g/mol. The molecule has 0 fully saturated rings. The predicted octanol–water partition coefficient (Wildman–Crippen LogP) is 3.07. The molecule has 0 saturated carbocycles. The van der Waals surface area contributed by atoms with Gasteiger partial charge in [0, 0.05) is 5.56 Å². The molecule has 2 aromatic carbocycles. The topological polar surface area (TPSA) is 58.6 Å². The average Bonchev–Trinajstić information content (AvgIpc) is 2.59. The van der Waals surface area contributed by atoms with Crippen molar-refractivity contribution in [3.8, 4) is 0 Å². The highest BCUT2D eigenvalue weighted by molar-refractivity contribution is 5.67. The molecule has 0 aliphatic rings. The lowest BCUT2D eigenvalue weighted by Gasteiger charge is -2.23. The Morgan fingerprint density at radius 1 is 1.09 bits per heavy atom. The highest BCUT2D eigenvalue weighted by Crippen LogP contribution is 2.31. The van der Waals surface area contributed by atoms with Crippen molar-refractivity contribution in [2.24, 2.45) is 0 Å². The minimum absolute atomic E-state index is 0.0256. The SMILES string of the molecule is O=C(NCC(O)C(F)(F)c1ccccc1)OCc1ccccc1. The number of aliphatic hydroxyl groups excluding tert-OH is 1. The van der Waals surface area contributed by atoms with Crippen molar-refractivity contribution in [3.63, 3.8) is 0 Å². The van der Waals surface area contributed by atoms with Gasteiger partial charge in [0.2, 0.25) is 0 Å². The maximum atomic E-state index is 14.0. The van der Waals surface area contributed by atoms with Crippen molar-refractivity contribution in [1.82, 2.24) is 5.32 Å². The predicted molar refractivity (Wildman–Crippen MR) is 81.0 cm³/mol. The smallest absolute Gasteiger partial charge is 0.407 e. The molecule has 4 nitrogen and oxygen atoms in total. The van der Waals surface area contributed by atoms with Gasteiger partial charge in [-0.2, -0.15) is 8.78 Å². The molecule has 0 radical (unpaired) electrons. The van der Waals surface area contributed by atoms with E-state index in [0.717, 1.165) is 5.56 Å². The molecule has 23 heavy (non-hydrogen) atoms. The summed E-state index contributed by atoms with van der Waals surface area (Å²) in [4.78, 5) is 11.5. The first-order chi connectivity index (χ1) is 11.0. The maximum absolute atomic E-state index is 14.0. The van der Waals surface area contributed by atoms with Crippen LogP contribution in [-0.2, 0) is 17.3 Å². The molecule has 122 valence electrons. The zero-order chi connectivity index (χ0) is 16.7. The van der Waals surface area contributed by atoms with E-state index in [1.54, 1.807) is 30.3 Å². The first kappa shape index (κ1) is 16.9. The minimum Gasteiger partial charge on any atom is -0.445 e. The van der Waals surface area contributed by atoms with E-state index in [-0.39, 0.29) is 12.2 Å². The third-order valence-corrected chi connectivity index (χ3v) is 3.23. The highest BCUT2D eigenvalue weighted by Gasteiger charge is 2.40. The lowest BCUT2D eigenvalue weighted by Crippen LogP contribution is -2.41. The number of ether oxygens (including phenoxy) is 1. The van der Waals surface area contributed by atoms with Crippen LogP contribution >= 0.6 is 0 Å². The number of aliphatic hydroxyl groups is 1. The molecule has 0 aromatic heterocycles. The fourth-order valence-corrected chi connectivity index (χ4v) is 1.94. The first-order valence-electron chi connectivity index (χ1n) is 7.06. The summed E-state index contributed by atoms with van der Waals surface area (Å²) >= 11 is 0. The van der Waals surface area contributed by atoms with Crippen LogP contribution in [0.1, 0.15) is 11.1 Å². The van der Waals surface area contributed by atoms with Crippen molar-refractivity contribution in [1.29, 1.82) is 0 Å². The number of halogens is 2. The molecule has 0 spiro atoms. The number of carbonyl (C=O) groups is 1. The molecule has 1 unspecified atom stereocenters. The van der Waals surface area contributed by atoms with Crippen LogP contribution < -0.4 is 5.32 Å². The van der Waals surface area contributed by atoms with Crippen molar-refractivity contribution in [3.05, 3.63) is 71.8 Å². The van der Waals surface area contributed by atoms with E-state index in [2.05, 4.69) is 5.32 Å². The summed E-state index contributed by atoms with van der Waals surface area (Å²) in [7, 11) is 0. The van der Waals surface area contributed by atoms with Gasteiger partial charge < -0.3 is 15.2 Å². The Morgan fingerprint density at radius 2 is 1.65 bits per heavy atom. The van der Waals surface area contributed by atoms with Crippen molar-refractivity contribution in [2.75, 3.05) is 6.54 Å². The van der Waals surface area contributed by atoms with E-state index in [1.807, 2.05) is 6.07 Å². The number of alkyl carbamates (subject to hydrolysis) is 1. The lowest BCUT2D eigenvalue weighted by molar-refractivity contribution is -0.112. The molecule has 2 rings (SSSR count). The van der Waals surface area contributed by atoms with Gasteiger partial charge in [0.15, 0.2) is 0 Å². The molecule has 0 bridgehead atoms. The van der Waals surface area contributed by atoms with Gasteiger partial charge in [-0.1, -0.05) is 60.7 Å². The van der Waals surface area contributed by atoms with Crippen LogP contribution in [0.4, 0.5) is 13.6 Å². The summed E-state index contributed by atoms with van der Waals surface area (Å²) in [5.74, 6) is -3.46. The minimum atomic E-state index is -3.46. The van der Waals surface area contributed by atoms with Crippen LogP contribution in [-0.4, -0.2) is 23.8 Å². The highest BCUT2D eigenvalue weighted by atomic mass is 19.3. The Hall–Kier alpha value is -2.47.